The Balaban J connectivity index is 1.81. The Morgan fingerprint density at radius 3 is 1.23 bits per heavy atom. The number of alkyl halides is 4. The van der Waals surface area contributed by atoms with E-state index in [1.165, 1.54) is 0 Å². The van der Waals surface area contributed by atoms with E-state index in [0.717, 1.165) is 0 Å². The van der Waals surface area contributed by atoms with E-state index >= 15 is 0 Å². The molecule has 2 atom stereocenters. The highest BCUT2D eigenvalue weighted by molar-refractivity contribution is 4.98. The van der Waals surface area contributed by atoms with Gasteiger partial charge in [0.25, 0.3) is 11.8 Å². The van der Waals surface area contributed by atoms with Gasteiger partial charge in [-0.05, 0) is 27.7 Å². The molecule has 0 aromatic heterocycles. The average molecular weight is 324 g/mol. The lowest BCUT2D eigenvalue weighted by molar-refractivity contribution is 0.0687. The number of halogens is 4. The molecule has 2 aliphatic carbocycles. The Kier molecular flexibility index (Phi) is 5.12. The Hall–Kier alpha value is -0.360. The molecule has 6 heteroatoms. The van der Waals surface area contributed by atoms with Gasteiger partial charge in [0.15, 0.2) is 0 Å². The third kappa shape index (κ3) is 4.57. The van der Waals surface area contributed by atoms with Gasteiger partial charge >= 0.3 is 0 Å². The Morgan fingerprint density at radius 2 is 1.05 bits per heavy atom. The lowest BCUT2D eigenvalue weighted by Crippen LogP contribution is -2.43. The van der Waals surface area contributed by atoms with Crippen LogP contribution in [-0.4, -0.2) is 59.9 Å². The highest BCUT2D eigenvalue weighted by Crippen LogP contribution is 2.49. The van der Waals surface area contributed by atoms with Crippen molar-refractivity contribution < 1.29 is 17.6 Å². The van der Waals surface area contributed by atoms with Gasteiger partial charge in [0.2, 0.25) is 0 Å². The minimum atomic E-state index is -2.50. The van der Waals surface area contributed by atoms with Gasteiger partial charge in [-0.15, -0.1) is 0 Å². The SMILES string of the molecule is CC(C)N(CCN(C[C@@H]1CC1(F)F)C(C)C)CC1CC1(F)F. The Morgan fingerprint density at radius 1 is 0.773 bits per heavy atom. The fourth-order valence-corrected chi connectivity index (χ4v) is 2.88. The Labute approximate surface area is 130 Å². The molecule has 2 fully saturated rings. The zero-order valence-electron chi connectivity index (χ0n) is 14.0. The highest BCUT2D eigenvalue weighted by atomic mass is 19.3. The van der Waals surface area contributed by atoms with Crippen molar-refractivity contribution in [3.05, 3.63) is 0 Å². The zero-order valence-corrected chi connectivity index (χ0v) is 14.0. The molecule has 0 aromatic rings. The van der Waals surface area contributed by atoms with Crippen molar-refractivity contribution >= 4 is 0 Å². The van der Waals surface area contributed by atoms with Crippen LogP contribution in [0.1, 0.15) is 40.5 Å². The van der Waals surface area contributed by atoms with Crippen LogP contribution in [0.25, 0.3) is 0 Å². The van der Waals surface area contributed by atoms with Crippen LogP contribution in [0.3, 0.4) is 0 Å². The van der Waals surface area contributed by atoms with Crippen molar-refractivity contribution in [3.8, 4) is 0 Å². The molecule has 0 aliphatic heterocycles. The molecular formula is C16H28F4N2. The van der Waals surface area contributed by atoms with Crippen LogP contribution < -0.4 is 0 Å². The molecule has 22 heavy (non-hydrogen) atoms. The van der Waals surface area contributed by atoms with E-state index in [4.69, 9.17) is 0 Å². The number of hydrogen-bond donors (Lipinski definition) is 0. The first-order chi connectivity index (χ1) is 10.0. The molecule has 2 rings (SSSR count). The van der Waals surface area contributed by atoms with E-state index in [-0.39, 0.29) is 24.9 Å². The van der Waals surface area contributed by atoms with E-state index in [1.54, 1.807) is 0 Å². The first-order valence-corrected chi connectivity index (χ1v) is 8.26. The lowest BCUT2D eigenvalue weighted by atomic mass is 10.2. The van der Waals surface area contributed by atoms with E-state index in [1.807, 2.05) is 37.5 Å². The van der Waals surface area contributed by atoms with Gasteiger partial charge in [0, 0.05) is 62.9 Å². The number of nitrogens with zero attached hydrogens (tertiary/aromatic N) is 2. The molecule has 2 aliphatic rings. The fourth-order valence-electron chi connectivity index (χ4n) is 2.88. The summed E-state index contributed by atoms with van der Waals surface area (Å²) in [5.74, 6) is -6.06. The van der Waals surface area contributed by atoms with Crippen molar-refractivity contribution in [1.82, 2.24) is 9.80 Å². The first kappa shape index (κ1) is 18.0. The maximum Gasteiger partial charge on any atom is 0.252 e. The monoisotopic (exact) mass is 324 g/mol. The molecule has 0 aromatic carbocycles. The van der Waals surface area contributed by atoms with Crippen molar-refractivity contribution in [2.24, 2.45) is 11.8 Å². The topological polar surface area (TPSA) is 6.48 Å². The second-order valence-corrected chi connectivity index (χ2v) is 7.50. The van der Waals surface area contributed by atoms with Crippen LogP contribution in [0.15, 0.2) is 0 Å². The predicted molar refractivity (Wildman–Crippen MR) is 79.5 cm³/mol. The number of rotatable bonds is 9. The third-order valence-electron chi connectivity index (χ3n) is 4.96. The first-order valence-electron chi connectivity index (χ1n) is 8.26. The molecule has 0 N–H and O–H groups in total. The summed E-state index contributed by atoms with van der Waals surface area (Å²) in [4.78, 5) is 4.10. The van der Waals surface area contributed by atoms with Crippen LogP contribution in [0.5, 0.6) is 0 Å². The van der Waals surface area contributed by atoms with Crippen molar-refractivity contribution in [2.75, 3.05) is 26.2 Å². The third-order valence-corrected chi connectivity index (χ3v) is 4.96. The summed E-state index contributed by atoms with van der Waals surface area (Å²) in [6.45, 7) is 10.1. The molecular weight excluding hydrogens is 296 g/mol. The smallest absolute Gasteiger partial charge is 0.252 e. The van der Waals surface area contributed by atoms with Gasteiger partial charge in [-0.3, -0.25) is 9.80 Å². The number of hydrogen-bond acceptors (Lipinski definition) is 2. The van der Waals surface area contributed by atoms with Crippen LogP contribution in [-0.2, 0) is 0 Å². The average Bonchev–Trinajstić information content (AvgIpc) is 3.17. The van der Waals surface area contributed by atoms with E-state index in [0.29, 0.717) is 26.2 Å². The summed E-state index contributed by atoms with van der Waals surface area (Å²) in [6.07, 6.45) is -0.0309. The van der Waals surface area contributed by atoms with Gasteiger partial charge in [-0.1, -0.05) is 0 Å². The molecule has 0 saturated heterocycles. The van der Waals surface area contributed by atoms with Gasteiger partial charge in [0.1, 0.15) is 0 Å². The largest absolute Gasteiger partial charge is 0.299 e. The quantitative estimate of drug-likeness (QED) is 0.597. The second kappa shape index (κ2) is 6.27. The van der Waals surface area contributed by atoms with Crippen molar-refractivity contribution in [2.45, 2.75) is 64.5 Å². The van der Waals surface area contributed by atoms with E-state index < -0.39 is 23.7 Å². The lowest BCUT2D eigenvalue weighted by Gasteiger charge is -2.32. The summed E-state index contributed by atoms with van der Waals surface area (Å²) in [7, 11) is 0. The summed E-state index contributed by atoms with van der Waals surface area (Å²) < 4.78 is 52.4. The summed E-state index contributed by atoms with van der Waals surface area (Å²) >= 11 is 0. The van der Waals surface area contributed by atoms with E-state index in [9.17, 15) is 17.6 Å². The second-order valence-electron chi connectivity index (χ2n) is 7.50. The van der Waals surface area contributed by atoms with Gasteiger partial charge in [0.05, 0.1) is 0 Å². The molecule has 0 bridgehead atoms. The van der Waals surface area contributed by atoms with Crippen LogP contribution >= 0.6 is 0 Å². The van der Waals surface area contributed by atoms with Crippen LogP contribution in [0, 0.1) is 11.8 Å². The minimum Gasteiger partial charge on any atom is -0.299 e. The molecule has 0 spiro atoms. The van der Waals surface area contributed by atoms with E-state index in [2.05, 4.69) is 0 Å². The minimum absolute atomic E-state index is 0.0155. The molecule has 1 unspecified atom stereocenters. The summed E-state index contributed by atoms with van der Waals surface area (Å²) in [6, 6.07) is 0.376. The molecule has 0 radical (unpaired) electrons. The molecule has 130 valence electrons. The standard InChI is InChI=1S/C16H28F4N2/c1-11(2)21(9-13-7-15(13,17)18)5-6-22(12(3)4)10-14-8-16(14,19)20/h11-14H,5-10H2,1-4H3/t13-,14?/m0/s1. The van der Waals surface area contributed by atoms with Crippen LogP contribution in [0.2, 0.25) is 0 Å². The van der Waals surface area contributed by atoms with Crippen LogP contribution in [0.4, 0.5) is 17.6 Å². The summed E-state index contributed by atoms with van der Waals surface area (Å²) in [5.41, 5.74) is 0. The predicted octanol–water partition coefficient (Wildman–Crippen LogP) is 3.72. The molecule has 0 heterocycles. The summed E-state index contributed by atoms with van der Waals surface area (Å²) in [5, 5.41) is 0. The van der Waals surface area contributed by atoms with Gasteiger partial charge < -0.3 is 0 Å². The van der Waals surface area contributed by atoms with Crippen molar-refractivity contribution in [3.63, 3.8) is 0 Å². The van der Waals surface area contributed by atoms with Gasteiger partial charge in [-0.2, -0.15) is 0 Å². The highest BCUT2D eigenvalue weighted by Gasteiger charge is 2.58. The molecule has 2 nitrogen and oxygen atoms in total. The fraction of sp³-hybridized carbons (Fsp3) is 1.00. The maximum atomic E-state index is 13.1. The normalized spacial score (nSPS) is 28.9. The maximum absolute atomic E-state index is 13.1. The Bertz CT molecular complexity index is 348. The van der Waals surface area contributed by atoms with Crippen molar-refractivity contribution in [1.29, 1.82) is 0 Å². The van der Waals surface area contributed by atoms with Gasteiger partial charge in [-0.25, -0.2) is 17.6 Å². The zero-order chi connectivity index (χ0) is 16.7. The molecule has 2 saturated carbocycles. The molecule has 0 amide bonds.